The van der Waals surface area contributed by atoms with Crippen LogP contribution in [0.4, 0.5) is 11.8 Å². The molecule has 0 aliphatic carbocycles. The van der Waals surface area contributed by atoms with Gasteiger partial charge < -0.3 is 35.5 Å². The largest absolute Gasteiger partial charge is 0.367 e. The van der Waals surface area contributed by atoms with Crippen LogP contribution in [-0.4, -0.2) is 81.7 Å². The molecule has 236 valence electrons. The van der Waals surface area contributed by atoms with Gasteiger partial charge in [0.25, 0.3) is 5.91 Å². The molecule has 3 aliphatic heterocycles. The van der Waals surface area contributed by atoms with E-state index in [0.717, 1.165) is 19.5 Å². The van der Waals surface area contributed by atoms with E-state index in [1.165, 1.54) is 11.1 Å². The van der Waals surface area contributed by atoms with E-state index in [1.54, 1.807) is 6.33 Å². The summed E-state index contributed by atoms with van der Waals surface area (Å²) >= 11 is 0. The van der Waals surface area contributed by atoms with Crippen molar-refractivity contribution < 1.29 is 19.0 Å². The van der Waals surface area contributed by atoms with Crippen LogP contribution in [0.3, 0.4) is 0 Å². The van der Waals surface area contributed by atoms with Crippen LogP contribution in [0.1, 0.15) is 50.5 Å². The molecule has 5 atom stereocenters. The second-order valence-electron chi connectivity index (χ2n) is 12.2. The summed E-state index contributed by atoms with van der Waals surface area (Å²) in [4.78, 5) is 27.6. The Balaban J connectivity index is 1.25. The molecule has 1 amide bonds. The maximum Gasteiger partial charge on any atom is 0.252 e. The summed E-state index contributed by atoms with van der Waals surface area (Å²) < 4.78 is 20.7. The number of fused-ring (bicyclic) bond motifs is 2. The molecule has 0 saturated carbocycles. The first kappa shape index (κ1) is 29.6. The van der Waals surface area contributed by atoms with Gasteiger partial charge in [0, 0.05) is 31.6 Å². The fourth-order valence-corrected chi connectivity index (χ4v) is 6.54. The summed E-state index contributed by atoms with van der Waals surface area (Å²) in [5.41, 5.74) is 3.57. The van der Waals surface area contributed by atoms with E-state index in [-0.39, 0.29) is 17.9 Å². The van der Waals surface area contributed by atoms with Gasteiger partial charge in [-0.2, -0.15) is 9.97 Å². The molecule has 12 heteroatoms. The minimum absolute atomic E-state index is 0.0815. The standard InChI is InChI=1S/C33H40N8O4/c1-4-35-30(42)26-25-27(45-33(2,3)44-25)31(43-26)41-19-37-24-28(39-32(40-29(24)41)38-22-15-16-34-17-22)36-18-23(20-11-7-5-8-12-20)21-13-9-6-10-14-21/h5-14,19,22-23,25-27,31,34H,4,15-18H2,1-3H3,(H,35,42)(H2,36,38,39,40)/t22?,25-,26+,27-,31-/m1/s1. The number of amides is 1. The van der Waals surface area contributed by atoms with Crippen molar-refractivity contribution in [3.63, 3.8) is 0 Å². The number of carbonyl (C=O) groups excluding carboxylic acids is 1. The lowest BCUT2D eigenvalue weighted by Gasteiger charge is -2.24. The molecule has 0 radical (unpaired) electrons. The van der Waals surface area contributed by atoms with Crippen molar-refractivity contribution in [3.05, 3.63) is 78.1 Å². The molecule has 4 N–H and O–H groups in total. The zero-order valence-corrected chi connectivity index (χ0v) is 25.8. The molecule has 3 saturated heterocycles. The number of aromatic nitrogens is 4. The molecule has 4 aromatic rings. The van der Waals surface area contributed by atoms with Crippen molar-refractivity contribution in [2.75, 3.05) is 36.8 Å². The molecule has 1 unspecified atom stereocenters. The Morgan fingerprint density at radius 3 is 2.42 bits per heavy atom. The Kier molecular flexibility index (Phi) is 8.13. The van der Waals surface area contributed by atoms with E-state index in [4.69, 9.17) is 29.2 Å². The van der Waals surface area contributed by atoms with Gasteiger partial charge in [-0.1, -0.05) is 60.7 Å². The van der Waals surface area contributed by atoms with Crippen molar-refractivity contribution in [2.24, 2.45) is 0 Å². The lowest BCUT2D eigenvalue weighted by atomic mass is 9.91. The van der Waals surface area contributed by atoms with Crippen molar-refractivity contribution in [3.8, 4) is 0 Å². The number of carbonyl (C=O) groups is 1. The van der Waals surface area contributed by atoms with Crippen LogP contribution >= 0.6 is 0 Å². The number of rotatable bonds is 10. The number of anilines is 2. The van der Waals surface area contributed by atoms with Crippen molar-refractivity contribution in [1.82, 2.24) is 30.2 Å². The van der Waals surface area contributed by atoms with Crippen LogP contribution in [0, 0.1) is 0 Å². The van der Waals surface area contributed by atoms with Gasteiger partial charge in [-0.05, 0) is 44.9 Å². The summed E-state index contributed by atoms with van der Waals surface area (Å²) in [6.45, 7) is 8.41. The first-order chi connectivity index (χ1) is 21.9. The molecule has 2 aromatic heterocycles. The van der Waals surface area contributed by atoms with E-state index in [2.05, 4.69) is 69.8 Å². The van der Waals surface area contributed by atoms with E-state index < -0.39 is 30.3 Å². The second-order valence-corrected chi connectivity index (χ2v) is 12.2. The highest BCUT2D eigenvalue weighted by Gasteiger charge is 2.58. The summed E-state index contributed by atoms with van der Waals surface area (Å²) in [6.07, 6.45) is 0.0314. The number of nitrogens with one attached hydrogen (secondary N) is 4. The number of ether oxygens (including phenoxy) is 3. The van der Waals surface area contributed by atoms with Gasteiger partial charge in [-0.25, -0.2) is 4.98 Å². The lowest BCUT2D eigenvalue weighted by Crippen LogP contribution is -2.42. The predicted octanol–water partition coefficient (Wildman–Crippen LogP) is 3.40. The molecular weight excluding hydrogens is 572 g/mol. The molecule has 3 aliphatic rings. The molecule has 0 bridgehead atoms. The minimum atomic E-state index is -0.869. The lowest BCUT2D eigenvalue weighted by molar-refractivity contribution is -0.197. The number of benzene rings is 2. The van der Waals surface area contributed by atoms with Crippen LogP contribution in [0.15, 0.2) is 67.0 Å². The number of hydrogen-bond donors (Lipinski definition) is 4. The first-order valence-corrected chi connectivity index (χ1v) is 15.7. The van der Waals surface area contributed by atoms with Crippen LogP contribution in [0.5, 0.6) is 0 Å². The number of hydrogen-bond acceptors (Lipinski definition) is 10. The van der Waals surface area contributed by atoms with Crippen molar-refractivity contribution in [1.29, 1.82) is 0 Å². The quantitative estimate of drug-likeness (QED) is 0.211. The summed E-state index contributed by atoms with van der Waals surface area (Å²) in [7, 11) is 0. The third-order valence-corrected chi connectivity index (χ3v) is 8.61. The summed E-state index contributed by atoms with van der Waals surface area (Å²) in [5.74, 6) is 0.0873. The monoisotopic (exact) mass is 612 g/mol. The van der Waals surface area contributed by atoms with Crippen LogP contribution in [0.25, 0.3) is 11.2 Å². The van der Waals surface area contributed by atoms with Gasteiger partial charge in [0.15, 0.2) is 35.1 Å². The Morgan fingerprint density at radius 1 is 1.04 bits per heavy atom. The first-order valence-electron chi connectivity index (χ1n) is 15.7. The second kappa shape index (κ2) is 12.4. The third-order valence-electron chi connectivity index (χ3n) is 8.61. The van der Waals surface area contributed by atoms with Crippen molar-refractivity contribution >= 4 is 28.8 Å². The molecule has 0 spiro atoms. The Bertz CT molecular complexity index is 1590. The van der Waals surface area contributed by atoms with Gasteiger partial charge in [0.2, 0.25) is 5.95 Å². The summed E-state index contributed by atoms with van der Waals surface area (Å²) in [6, 6.07) is 21.1. The Labute approximate surface area is 262 Å². The highest BCUT2D eigenvalue weighted by Crippen LogP contribution is 2.44. The number of nitrogens with zero attached hydrogens (tertiary/aromatic N) is 4. The molecule has 12 nitrogen and oxygen atoms in total. The number of likely N-dealkylation sites (N-methyl/N-ethyl adjacent to an activating group) is 1. The van der Waals surface area contributed by atoms with Gasteiger partial charge in [-0.15, -0.1) is 0 Å². The van der Waals surface area contributed by atoms with Gasteiger partial charge in [-0.3, -0.25) is 9.36 Å². The average Bonchev–Trinajstić information content (AvgIpc) is 3.83. The van der Waals surface area contributed by atoms with E-state index in [0.29, 0.717) is 36.0 Å². The molecule has 3 fully saturated rings. The molecule has 2 aromatic carbocycles. The van der Waals surface area contributed by atoms with Crippen LogP contribution < -0.4 is 21.3 Å². The van der Waals surface area contributed by atoms with E-state index >= 15 is 0 Å². The topological polar surface area (TPSA) is 136 Å². The number of imidazole rings is 1. The zero-order valence-electron chi connectivity index (χ0n) is 25.8. The minimum Gasteiger partial charge on any atom is -0.367 e. The van der Waals surface area contributed by atoms with Crippen molar-refractivity contribution in [2.45, 2.75) is 69.5 Å². The fourth-order valence-electron chi connectivity index (χ4n) is 6.54. The maximum absolute atomic E-state index is 13.0. The van der Waals surface area contributed by atoms with Crippen LogP contribution in [0.2, 0.25) is 0 Å². The molecular formula is C33H40N8O4. The third kappa shape index (κ3) is 5.98. The highest BCUT2D eigenvalue weighted by atomic mass is 16.8. The predicted molar refractivity (Wildman–Crippen MR) is 170 cm³/mol. The van der Waals surface area contributed by atoms with Gasteiger partial charge in [0.05, 0.1) is 6.33 Å². The highest BCUT2D eigenvalue weighted by molar-refractivity contribution is 5.85. The summed E-state index contributed by atoms with van der Waals surface area (Å²) in [5, 5.41) is 13.4. The molecule has 5 heterocycles. The Morgan fingerprint density at radius 2 is 1.76 bits per heavy atom. The average molecular weight is 613 g/mol. The van der Waals surface area contributed by atoms with E-state index in [1.807, 2.05) is 37.5 Å². The zero-order chi connectivity index (χ0) is 31.0. The fraction of sp³-hybridized carbons (Fsp3) is 0.455. The van der Waals surface area contributed by atoms with Gasteiger partial charge in [0.1, 0.15) is 12.2 Å². The normalized spacial score (nSPS) is 25.5. The van der Waals surface area contributed by atoms with E-state index in [9.17, 15) is 4.79 Å². The molecule has 45 heavy (non-hydrogen) atoms. The SMILES string of the molecule is CCNC(=O)[C@H]1O[C@@H](n2cnc3c(NCC(c4ccccc4)c4ccccc4)nc(NC4CCNC4)nc32)[C@@H]2OC(C)(C)O[C@@H]21. The Hall–Kier alpha value is -4.10. The van der Waals surface area contributed by atoms with Gasteiger partial charge >= 0.3 is 0 Å². The maximum atomic E-state index is 13.0. The molecule has 7 rings (SSSR count). The smallest absolute Gasteiger partial charge is 0.252 e. The van der Waals surface area contributed by atoms with Crippen LogP contribution in [-0.2, 0) is 19.0 Å².